The molecule has 0 aromatic rings. The van der Waals surface area contributed by atoms with Crippen LogP contribution in [0.3, 0.4) is 0 Å². The summed E-state index contributed by atoms with van der Waals surface area (Å²) in [5, 5.41) is 9.76. The minimum absolute atomic E-state index is 0.140. The summed E-state index contributed by atoms with van der Waals surface area (Å²) in [6.07, 6.45) is 7.65. The molecule has 22 heavy (non-hydrogen) atoms. The van der Waals surface area contributed by atoms with Gasteiger partial charge >= 0.3 is 0 Å². The van der Waals surface area contributed by atoms with Crippen LogP contribution < -0.4 is 0 Å². The molecular formula is C20H42O2. The van der Waals surface area contributed by atoms with Crippen molar-refractivity contribution in [3.8, 4) is 0 Å². The Labute approximate surface area is 140 Å². The van der Waals surface area contributed by atoms with Crippen LogP contribution in [0.1, 0.15) is 93.9 Å². The van der Waals surface area contributed by atoms with E-state index in [4.69, 9.17) is 4.74 Å². The van der Waals surface area contributed by atoms with E-state index in [1.165, 1.54) is 32.1 Å². The van der Waals surface area contributed by atoms with Gasteiger partial charge in [-0.1, -0.05) is 47.0 Å². The molecule has 0 aliphatic heterocycles. The van der Waals surface area contributed by atoms with Crippen molar-refractivity contribution in [2.24, 2.45) is 17.8 Å². The quantitative estimate of drug-likeness (QED) is 0.491. The zero-order chi connectivity index (χ0) is 17.4. The molecule has 0 radical (unpaired) electrons. The number of rotatable bonds is 12. The van der Waals surface area contributed by atoms with Crippen LogP contribution in [0, 0.1) is 17.8 Å². The lowest BCUT2D eigenvalue weighted by Gasteiger charge is -2.30. The molecule has 0 spiro atoms. The molecule has 0 amide bonds. The first kappa shape index (κ1) is 21.9. The Balaban J connectivity index is 3.85. The van der Waals surface area contributed by atoms with Crippen LogP contribution in [0.5, 0.6) is 0 Å². The van der Waals surface area contributed by atoms with E-state index < -0.39 is 5.60 Å². The third-order valence-electron chi connectivity index (χ3n) is 4.32. The molecular weight excluding hydrogens is 272 g/mol. The molecule has 0 aliphatic carbocycles. The van der Waals surface area contributed by atoms with Crippen molar-refractivity contribution >= 4 is 0 Å². The first-order valence-corrected chi connectivity index (χ1v) is 9.27. The summed E-state index contributed by atoms with van der Waals surface area (Å²) in [6, 6.07) is 0. The Morgan fingerprint density at radius 2 is 1.41 bits per heavy atom. The molecule has 2 atom stereocenters. The van der Waals surface area contributed by atoms with Crippen molar-refractivity contribution in [1.82, 2.24) is 0 Å². The summed E-state index contributed by atoms with van der Waals surface area (Å²) >= 11 is 0. The Bertz CT molecular complexity index is 276. The molecule has 0 aliphatic rings. The molecule has 0 saturated carbocycles. The number of ether oxygens (including phenoxy) is 1. The van der Waals surface area contributed by atoms with Crippen molar-refractivity contribution < 1.29 is 9.84 Å². The van der Waals surface area contributed by atoms with Gasteiger partial charge in [-0.25, -0.2) is 0 Å². The average molecular weight is 315 g/mol. The lowest BCUT2D eigenvalue weighted by atomic mass is 9.89. The summed E-state index contributed by atoms with van der Waals surface area (Å²) in [7, 11) is 0. The highest BCUT2D eigenvalue weighted by Gasteiger charge is 2.23. The first-order valence-electron chi connectivity index (χ1n) is 9.27. The van der Waals surface area contributed by atoms with Gasteiger partial charge in [-0.05, 0) is 64.7 Å². The number of hydrogen-bond acceptors (Lipinski definition) is 2. The fourth-order valence-corrected chi connectivity index (χ4v) is 2.92. The highest BCUT2D eigenvalue weighted by atomic mass is 16.5. The zero-order valence-corrected chi connectivity index (χ0v) is 16.5. The molecule has 0 aromatic heterocycles. The van der Waals surface area contributed by atoms with E-state index in [-0.39, 0.29) is 5.60 Å². The van der Waals surface area contributed by atoms with E-state index in [1.54, 1.807) is 13.8 Å². The maximum Gasteiger partial charge on any atom is 0.0824 e. The summed E-state index contributed by atoms with van der Waals surface area (Å²) in [4.78, 5) is 0. The molecule has 0 bridgehead atoms. The Morgan fingerprint density at radius 3 is 1.91 bits per heavy atom. The maximum atomic E-state index is 9.76. The lowest BCUT2D eigenvalue weighted by Crippen LogP contribution is -2.34. The van der Waals surface area contributed by atoms with E-state index in [2.05, 4.69) is 41.5 Å². The second-order valence-corrected chi connectivity index (χ2v) is 9.17. The monoisotopic (exact) mass is 314 g/mol. The predicted molar refractivity (Wildman–Crippen MR) is 97.2 cm³/mol. The average Bonchev–Trinajstić information content (AvgIpc) is 2.33. The summed E-state index contributed by atoms with van der Waals surface area (Å²) in [5.74, 6) is 2.44. The van der Waals surface area contributed by atoms with E-state index >= 15 is 0 Å². The third kappa shape index (κ3) is 13.6. The van der Waals surface area contributed by atoms with E-state index in [0.717, 1.165) is 24.2 Å². The third-order valence-corrected chi connectivity index (χ3v) is 4.32. The van der Waals surface area contributed by atoms with Crippen molar-refractivity contribution in [2.45, 2.75) is 105 Å². The summed E-state index contributed by atoms with van der Waals surface area (Å²) in [6.45, 7) is 17.6. The van der Waals surface area contributed by atoms with Crippen molar-refractivity contribution in [1.29, 1.82) is 0 Å². The van der Waals surface area contributed by atoms with Gasteiger partial charge in [0.05, 0.1) is 17.8 Å². The Hall–Kier alpha value is -0.0800. The SMILES string of the molecule is CC(C)CC(C)CCCC(C)CCC(C)(C)OCC(C)(C)O. The number of aliphatic hydroxyl groups is 1. The van der Waals surface area contributed by atoms with E-state index in [0.29, 0.717) is 6.61 Å². The van der Waals surface area contributed by atoms with Crippen molar-refractivity contribution in [3.63, 3.8) is 0 Å². The molecule has 1 N–H and O–H groups in total. The van der Waals surface area contributed by atoms with Crippen LogP contribution in [0.25, 0.3) is 0 Å². The van der Waals surface area contributed by atoms with E-state index in [1.807, 2.05) is 0 Å². The second-order valence-electron chi connectivity index (χ2n) is 9.17. The van der Waals surface area contributed by atoms with Gasteiger partial charge in [0.1, 0.15) is 0 Å². The summed E-state index contributed by atoms with van der Waals surface area (Å²) < 4.78 is 5.88. The fraction of sp³-hybridized carbons (Fsp3) is 1.00. The van der Waals surface area contributed by atoms with Crippen LogP contribution in [0.4, 0.5) is 0 Å². The summed E-state index contributed by atoms with van der Waals surface area (Å²) in [5.41, 5.74) is -0.880. The standard InChI is InChI=1S/C20H42O2/c1-16(2)14-18(4)11-9-10-17(3)12-13-20(7,8)22-15-19(5,6)21/h16-18,21H,9-15H2,1-8H3. The Morgan fingerprint density at radius 1 is 0.864 bits per heavy atom. The topological polar surface area (TPSA) is 29.5 Å². The van der Waals surface area contributed by atoms with Crippen LogP contribution in [0.15, 0.2) is 0 Å². The van der Waals surface area contributed by atoms with Crippen LogP contribution in [0.2, 0.25) is 0 Å². The van der Waals surface area contributed by atoms with Gasteiger partial charge in [-0.2, -0.15) is 0 Å². The van der Waals surface area contributed by atoms with Crippen molar-refractivity contribution in [2.75, 3.05) is 6.61 Å². The molecule has 2 unspecified atom stereocenters. The minimum Gasteiger partial charge on any atom is -0.388 e. The molecule has 0 heterocycles. The first-order chi connectivity index (χ1) is 9.91. The number of hydrogen-bond donors (Lipinski definition) is 1. The molecule has 0 fully saturated rings. The molecule has 0 saturated heterocycles. The van der Waals surface area contributed by atoms with Gasteiger partial charge < -0.3 is 9.84 Å². The van der Waals surface area contributed by atoms with Gasteiger partial charge in [0.25, 0.3) is 0 Å². The molecule has 134 valence electrons. The smallest absolute Gasteiger partial charge is 0.0824 e. The van der Waals surface area contributed by atoms with Crippen LogP contribution in [-0.2, 0) is 4.74 Å². The lowest BCUT2D eigenvalue weighted by molar-refractivity contribution is -0.0956. The van der Waals surface area contributed by atoms with E-state index in [9.17, 15) is 5.11 Å². The van der Waals surface area contributed by atoms with Gasteiger partial charge in [0.2, 0.25) is 0 Å². The molecule has 2 heteroatoms. The highest BCUT2D eigenvalue weighted by Crippen LogP contribution is 2.25. The molecule has 0 rings (SSSR count). The Kier molecular flexibility index (Phi) is 9.89. The second kappa shape index (κ2) is 9.93. The van der Waals surface area contributed by atoms with Gasteiger partial charge in [0, 0.05) is 0 Å². The van der Waals surface area contributed by atoms with Gasteiger partial charge in [0.15, 0.2) is 0 Å². The van der Waals surface area contributed by atoms with Gasteiger partial charge in [-0.15, -0.1) is 0 Å². The van der Waals surface area contributed by atoms with Crippen molar-refractivity contribution in [3.05, 3.63) is 0 Å². The zero-order valence-electron chi connectivity index (χ0n) is 16.5. The molecule has 2 nitrogen and oxygen atoms in total. The largest absolute Gasteiger partial charge is 0.388 e. The van der Waals surface area contributed by atoms with Crippen LogP contribution >= 0.6 is 0 Å². The maximum absolute atomic E-state index is 9.76. The predicted octanol–water partition coefficient (Wildman–Crippen LogP) is 5.82. The fourth-order valence-electron chi connectivity index (χ4n) is 2.92. The molecule has 0 aromatic carbocycles. The minimum atomic E-state index is -0.741. The van der Waals surface area contributed by atoms with Crippen LogP contribution in [-0.4, -0.2) is 22.9 Å². The van der Waals surface area contributed by atoms with Gasteiger partial charge in [-0.3, -0.25) is 0 Å². The normalized spacial score (nSPS) is 16.1. The highest BCUT2D eigenvalue weighted by molar-refractivity contribution is 4.73.